The maximum absolute atomic E-state index is 14.8. The van der Waals surface area contributed by atoms with Crippen LogP contribution in [-0.2, 0) is 4.79 Å². The Balaban J connectivity index is 1.56. The fraction of sp³-hybridized carbons (Fsp3) is 0.273. The molecule has 0 aliphatic carbocycles. The Hall–Kier alpha value is -3.59. The van der Waals surface area contributed by atoms with E-state index in [1.54, 1.807) is 30.5 Å². The number of halogens is 1. The van der Waals surface area contributed by atoms with Crippen molar-refractivity contribution in [1.29, 1.82) is 0 Å². The quantitative estimate of drug-likeness (QED) is 0.604. The molecule has 2 aromatic carbocycles. The van der Waals surface area contributed by atoms with Gasteiger partial charge in [-0.25, -0.2) is 4.39 Å². The number of hydrogen-bond acceptors (Lipinski definition) is 6. The number of anilines is 1. The Morgan fingerprint density at radius 3 is 2.87 bits per heavy atom. The summed E-state index contributed by atoms with van der Waals surface area (Å²) in [6.07, 6.45) is 2.23. The van der Waals surface area contributed by atoms with Crippen molar-refractivity contribution in [2.45, 2.75) is 6.10 Å². The van der Waals surface area contributed by atoms with Gasteiger partial charge in [0.2, 0.25) is 6.10 Å². The number of likely N-dealkylation sites (N-methyl/N-ethyl adjacent to an activating group) is 1. The van der Waals surface area contributed by atoms with Gasteiger partial charge in [0.25, 0.3) is 5.91 Å². The second-order valence-electron chi connectivity index (χ2n) is 7.32. The fourth-order valence-electron chi connectivity index (χ4n) is 3.09. The lowest BCUT2D eigenvalue weighted by molar-refractivity contribution is -0.125. The predicted octanol–water partition coefficient (Wildman–Crippen LogP) is 2.93. The first-order chi connectivity index (χ1) is 15.0. The molecule has 0 saturated heterocycles. The van der Waals surface area contributed by atoms with Gasteiger partial charge in [0.15, 0.2) is 11.5 Å². The zero-order chi connectivity index (χ0) is 21.8. The lowest BCUT2D eigenvalue weighted by Gasteiger charge is -2.26. The topological polar surface area (TPSA) is 88.7 Å². The minimum Gasteiger partial charge on any atom is -0.490 e. The summed E-state index contributed by atoms with van der Waals surface area (Å²) in [5.41, 5.74) is 1.11. The smallest absolute Gasteiger partial charge is 0.269 e. The molecule has 0 saturated carbocycles. The van der Waals surface area contributed by atoms with Crippen molar-refractivity contribution in [1.82, 2.24) is 15.1 Å². The Bertz CT molecular complexity index is 1060. The number of carbonyl (C=O) groups excluding carboxylic acids is 1. The van der Waals surface area contributed by atoms with E-state index in [0.717, 1.165) is 0 Å². The van der Waals surface area contributed by atoms with Crippen LogP contribution in [0.3, 0.4) is 0 Å². The summed E-state index contributed by atoms with van der Waals surface area (Å²) in [6.45, 7) is 1.07. The molecule has 0 radical (unpaired) electrons. The second-order valence-corrected chi connectivity index (χ2v) is 7.32. The van der Waals surface area contributed by atoms with Crippen molar-refractivity contribution in [3.63, 3.8) is 0 Å². The maximum atomic E-state index is 14.8. The molecule has 1 unspecified atom stereocenters. The number of aromatic nitrogens is 2. The molecule has 9 heteroatoms. The minimum atomic E-state index is -0.874. The van der Waals surface area contributed by atoms with E-state index in [4.69, 9.17) is 14.2 Å². The van der Waals surface area contributed by atoms with Crippen LogP contribution in [-0.4, -0.2) is 61.0 Å². The number of rotatable bonds is 7. The lowest BCUT2D eigenvalue weighted by Crippen LogP contribution is -2.40. The van der Waals surface area contributed by atoms with Gasteiger partial charge in [-0.3, -0.25) is 9.89 Å². The first-order valence-electron chi connectivity index (χ1n) is 9.81. The fourth-order valence-corrected chi connectivity index (χ4v) is 3.09. The number of benzene rings is 2. The molecule has 1 aromatic heterocycles. The highest BCUT2D eigenvalue weighted by Crippen LogP contribution is 2.35. The van der Waals surface area contributed by atoms with Crippen LogP contribution in [0.4, 0.5) is 10.1 Å². The molecule has 2 heterocycles. The zero-order valence-corrected chi connectivity index (χ0v) is 17.2. The highest BCUT2D eigenvalue weighted by molar-refractivity contribution is 5.96. The van der Waals surface area contributed by atoms with Crippen molar-refractivity contribution in [3.8, 4) is 28.4 Å². The van der Waals surface area contributed by atoms with Crippen molar-refractivity contribution < 1.29 is 23.4 Å². The molecular formula is C22H23FN4O4. The van der Waals surface area contributed by atoms with E-state index in [2.05, 4.69) is 15.5 Å². The number of nitrogens with zero attached hydrogens (tertiary/aromatic N) is 2. The van der Waals surface area contributed by atoms with Crippen LogP contribution in [0.1, 0.15) is 0 Å². The normalized spacial score (nSPS) is 15.0. The molecule has 1 amide bonds. The summed E-state index contributed by atoms with van der Waals surface area (Å²) in [5.74, 6) is 0.447. The van der Waals surface area contributed by atoms with E-state index in [9.17, 15) is 9.18 Å². The van der Waals surface area contributed by atoms with Crippen molar-refractivity contribution >= 4 is 11.6 Å². The third-order valence-corrected chi connectivity index (χ3v) is 4.73. The molecule has 8 nitrogen and oxygen atoms in total. The number of hydrogen-bond donors (Lipinski definition) is 2. The number of amides is 1. The van der Waals surface area contributed by atoms with Gasteiger partial charge in [0.1, 0.15) is 24.8 Å². The van der Waals surface area contributed by atoms with Gasteiger partial charge in [-0.15, -0.1) is 0 Å². The number of para-hydroxylation sites is 2. The summed E-state index contributed by atoms with van der Waals surface area (Å²) in [4.78, 5) is 14.8. The van der Waals surface area contributed by atoms with Gasteiger partial charge in [-0.2, -0.15) is 5.10 Å². The van der Waals surface area contributed by atoms with Gasteiger partial charge in [0, 0.05) is 29.9 Å². The number of H-pyrrole nitrogens is 1. The second kappa shape index (κ2) is 9.05. The largest absolute Gasteiger partial charge is 0.490 e. The van der Waals surface area contributed by atoms with Crippen LogP contribution in [0.15, 0.2) is 48.8 Å². The Kier molecular flexibility index (Phi) is 6.03. The SMILES string of the molecule is CN(C)CCOc1cc(-c2cn[nH]c2)c(F)cc1NC(=O)C1COc2ccccc2O1. The van der Waals surface area contributed by atoms with E-state index >= 15 is 0 Å². The molecule has 1 aliphatic rings. The van der Waals surface area contributed by atoms with Gasteiger partial charge in [0.05, 0.1) is 11.9 Å². The van der Waals surface area contributed by atoms with E-state index in [1.807, 2.05) is 25.1 Å². The highest BCUT2D eigenvalue weighted by Gasteiger charge is 2.28. The number of aromatic amines is 1. The first kappa shape index (κ1) is 20.7. The maximum Gasteiger partial charge on any atom is 0.269 e. The molecule has 31 heavy (non-hydrogen) atoms. The third-order valence-electron chi connectivity index (χ3n) is 4.73. The van der Waals surface area contributed by atoms with Crippen LogP contribution < -0.4 is 19.5 Å². The average molecular weight is 426 g/mol. The third kappa shape index (κ3) is 4.77. The molecule has 0 spiro atoms. The van der Waals surface area contributed by atoms with E-state index in [0.29, 0.717) is 41.5 Å². The predicted molar refractivity (Wildman–Crippen MR) is 113 cm³/mol. The summed E-state index contributed by atoms with van der Waals surface area (Å²) in [5, 5.41) is 9.25. The molecule has 0 bridgehead atoms. The van der Waals surface area contributed by atoms with Gasteiger partial charge >= 0.3 is 0 Å². The van der Waals surface area contributed by atoms with Crippen LogP contribution in [0.2, 0.25) is 0 Å². The van der Waals surface area contributed by atoms with Crippen molar-refractivity contribution in [2.75, 3.05) is 39.2 Å². The first-order valence-corrected chi connectivity index (χ1v) is 9.81. The van der Waals surface area contributed by atoms with Gasteiger partial charge < -0.3 is 24.4 Å². The highest BCUT2D eigenvalue weighted by atomic mass is 19.1. The van der Waals surface area contributed by atoms with Crippen LogP contribution in [0.5, 0.6) is 17.2 Å². The lowest BCUT2D eigenvalue weighted by atomic mass is 10.1. The zero-order valence-electron chi connectivity index (χ0n) is 17.2. The Morgan fingerprint density at radius 2 is 2.13 bits per heavy atom. The minimum absolute atomic E-state index is 0.0508. The monoisotopic (exact) mass is 426 g/mol. The van der Waals surface area contributed by atoms with Crippen LogP contribution >= 0.6 is 0 Å². The average Bonchev–Trinajstić information content (AvgIpc) is 3.29. The van der Waals surface area contributed by atoms with Gasteiger partial charge in [-0.1, -0.05) is 12.1 Å². The molecule has 2 N–H and O–H groups in total. The van der Waals surface area contributed by atoms with Crippen LogP contribution in [0.25, 0.3) is 11.1 Å². The van der Waals surface area contributed by atoms with Crippen molar-refractivity contribution in [2.24, 2.45) is 0 Å². The van der Waals surface area contributed by atoms with E-state index in [-0.39, 0.29) is 12.3 Å². The Labute approximate surface area is 178 Å². The summed E-state index contributed by atoms with van der Waals surface area (Å²) in [6, 6.07) is 9.91. The summed E-state index contributed by atoms with van der Waals surface area (Å²) < 4.78 is 32.0. The van der Waals surface area contributed by atoms with Crippen LogP contribution in [0, 0.1) is 5.82 Å². The Morgan fingerprint density at radius 1 is 1.32 bits per heavy atom. The van der Waals surface area contributed by atoms with Gasteiger partial charge in [-0.05, 0) is 32.3 Å². The summed E-state index contributed by atoms with van der Waals surface area (Å²) in [7, 11) is 3.84. The number of nitrogens with one attached hydrogen (secondary N) is 2. The van der Waals surface area contributed by atoms with E-state index < -0.39 is 17.8 Å². The number of carbonyl (C=O) groups is 1. The molecule has 1 aliphatic heterocycles. The number of ether oxygens (including phenoxy) is 3. The molecule has 3 aromatic rings. The summed E-state index contributed by atoms with van der Waals surface area (Å²) >= 11 is 0. The molecule has 4 rings (SSSR count). The molecule has 162 valence electrons. The molecular weight excluding hydrogens is 403 g/mol. The number of fused-ring (bicyclic) bond motifs is 1. The molecule has 1 atom stereocenters. The van der Waals surface area contributed by atoms with E-state index in [1.165, 1.54) is 12.3 Å². The standard InChI is InChI=1S/C22H23FN4O4/c1-27(2)7-8-29-20-9-15(14-11-24-25-12-14)16(23)10-17(20)26-22(28)21-13-30-18-5-3-4-6-19(18)31-21/h3-6,9-12,21H,7-8,13H2,1-2H3,(H,24,25)(H,26,28). The molecule has 0 fully saturated rings. The van der Waals surface area contributed by atoms with Crippen molar-refractivity contribution in [3.05, 3.63) is 54.6 Å².